The molecule has 1 aliphatic heterocycles. The van der Waals surface area contributed by atoms with Gasteiger partial charge in [0.05, 0.1) is 27.8 Å². The molecule has 1 atom stereocenters. The fraction of sp³-hybridized carbons (Fsp3) is 0.533. The highest BCUT2D eigenvalue weighted by Crippen LogP contribution is 2.26. The summed E-state index contributed by atoms with van der Waals surface area (Å²) in [6.45, 7) is 2.85. The van der Waals surface area contributed by atoms with Crippen LogP contribution in [0.25, 0.3) is 0 Å². The summed E-state index contributed by atoms with van der Waals surface area (Å²) < 4.78 is 32.8. The maximum Gasteiger partial charge on any atom is 0.240 e. The summed E-state index contributed by atoms with van der Waals surface area (Å²) in [5.74, 6) is -0.278. The van der Waals surface area contributed by atoms with Crippen LogP contribution < -0.4 is 15.4 Å². The van der Waals surface area contributed by atoms with Crippen LogP contribution in [-0.4, -0.2) is 46.7 Å². The first kappa shape index (κ1) is 19.1. The van der Waals surface area contributed by atoms with E-state index < -0.39 is 10.0 Å². The summed E-state index contributed by atoms with van der Waals surface area (Å²) in [6.07, 6.45) is 1.81. The van der Waals surface area contributed by atoms with Crippen molar-refractivity contribution in [2.24, 2.45) is 0 Å². The van der Waals surface area contributed by atoms with Crippen molar-refractivity contribution in [3.05, 3.63) is 23.2 Å². The molecule has 0 bridgehead atoms. The largest absolute Gasteiger partial charge is 0.383 e. The minimum absolute atomic E-state index is 0.0483. The van der Waals surface area contributed by atoms with Crippen molar-refractivity contribution in [2.45, 2.75) is 30.2 Å². The summed E-state index contributed by atoms with van der Waals surface area (Å²) >= 11 is 6.04. The van der Waals surface area contributed by atoms with Crippen molar-refractivity contribution in [1.82, 2.24) is 10.0 Å². The van der Waals surface area contributed by atoms with E-state index >= 15 is 0 Å². The van der Waals surface area contributed by atoms with E-state index in [0.29, 0.717) is 12.3 Å². The Kier molecular flexibility index (Phi) is 6.22. The summed E-state index contributed by atoms with van der Waals surface area (Å²) in [4.78, 5) is 11.1. The molecule has 0 radical (unpaired) electrons. The number of anilines is 1. The number of hydrogen-bond donors (Lipinski definition) is 3. The van der Waals surface area contributed by atoms with Crippen LogP contribution >= 0.6 is 11.6 Å². The molecule has 2 rings (SSSR count). The van der Waals surface area contributed by atoms with Crippen molar-refractivity contribution >= 4 is 33.2 Å². The lowest BCUT2D eigenvalue weighted by Crippen LogP contribution is -2.52. The van der Waals surface area contributed by atoms with Gasteiger partial charge in [-0.1, -0.05) is 11.6 Å². The van der Waals surface area contributed by atoms with Gasteiger partial charge in [-0.05, 0) is 37.6 Å². The third-order valence-electron chi connectivity index (χ3n) is 3.91. The average Bonchev–Trinajstić information content (AvgIpc) is 2.96. The SMILES string of the molecule is COCC1(CNS(=O)(=O)c2ccc(NC(C)=O)c(Cl)c2)CCCN1. The zero-order valence-electron chi connectivity index (χ0n) is 13.7. The first-order chi connectivity index (χ1) is 11.3. The van der Waals surface area contributed by atoms with E-state index in [9.17, 15) is 13.2 Å². The number of hydrogen-bond acceptors (Lipinski definition) is 5. The van der Waals surface area contributed by atoms with Crippen LogP contribution in [0.5, 0.6) is 0 Å². The van der Waals surface area contributed by atoms with Gasteiger partial charge in [0.25, 0.3) is 0 Å². The minimum Gasteiger partial charge on any atom is -0.383 e. The Morgan fingerprint density at radius 3 is 2.75 bits per heavy atom. The van der Waals surface area contributed by atoms with Gasteiger partial charge in [-0.2, -0.15) is 0 Å². The molecule has 1 unspecified atom stereocenters. The van der Waals surface area contributed by atoms with Crippen LogP contribution in [-0.2, 0) is 19.6 Å². The van der Waals surface area contributed by atoms with E-state index in [1.54, 1.807) is 7.11 Å². The van der Waals surface area contributed by atoms with Crippen LogP contribution in [0.2, 0.25) is 5.02 Å². The van der Waals surface area contributed by atoms with Gasteiger partial charge in [-0.15, -0.1) is 0 Å². The van der Waals surface area contributed by atoms with Crippen LogP contribution in [0.4, 0.5) is 5.69 Å². The highest BCUT2D eigenvalue weighted by Gasteiger charge is 2.34. The van der Waals surface area contributed by atoms with Gasteiger partial charge >= 0.3 is 0 Å². The predicted molar refractivity (Wildman–Crippen MR) is 92.8 cm³/mol. The van der Waals surface area contributed by atoms with Gasteiger partial charge in [0.2, 0.25) is 15.9 Å². The number of rotatable bonds is 7. The molecule has 0 saturated carbocycles. The van der Waals surface area contributed by atoms with Gasteiger partial charge < -0.3 is 15.4 Å². The number of halogens is 1. The molecular weight excluding hydrogens is 354 g/mol. The molecule has 3 N–H and O–H groups in total. The summed E-state index contributed by atoms with van der Waals surface area (Å²) in [5, 5.41) is 6.02. The Bertz CT molecular complexity index is 703. The third-order valence-corrected chi connectivity index (χ3v) is 5.63. The molecule has 0 spiro atoms. The topological polar surface area (TPSA) is 96.5 Å². The summed E-state index contributed by atoms with van der Waals surface area (Å²) in [5.41, 5.74) is -0.0155. The molecule has 1 aromatic rings. The number of benzene rings is 1. The molecule has 24 heavy (non-hydrogen) atoms. The molecule has 1 amide bonds. The third kappa shape index (κ3) is 4.67. The minimum atomic E-state index is -3.71. The molecule has 7 nitrogen and oxygen atoms in total. The van der Waals surface area contributed by atoms with E-state index in [0.717, 1.165) is 19.4 Å². The van der Waals surface area contributed by atoms with Gasteiger partial charge in [0.1, 0.15) is 0 Å². The fourth-order valence-corrected chi connectivity index (χ4v) is 4.19. The number of ether oxygens (including phenoxy) is 1. The lowest BCUT2D eigenvalue weighted by atomic mass is 9.99. The maximum atomic E-state index is 12.5. The quantitative estimate of drug-likeness (QED) is 0.668. The lowest BCUT2D eigenvalue weighted by Gasteiger charge is -2.28. The van der Waals surface area contributed by atoms with E-state index in [1.807, 2.05) is 0 Å². The van der Waals surface area contributed by atoms with Gasteiger partial charge in [-0.3, -0.25) is 4.79 Å². The molecule has 1 heterocycles. The Balaban J connectivity index is 2.12. The molecule has 1 fully saturated rings. The van der Waals surface area contributed by atoms with Crippen LogP contribution in [0.1, 0.15) is 19.8 Å². The van der Waals surface area contributed by atoms with E-state index in [1.165, 1.54) is 25.1 Å². The van der Waals surface area contributed by atoms with Gasteiger partial charge in [-0.25, -0.2) is 13.1 Å². The Morgan fingerprint density at radius 1 is 1.46 bits per heavy atom. The highest BCUT2D eigenvalue weighted by atomic mass is 35.5. The number of amides is 1. The second-order valence-electron chi connectivity index (χ2n) is 5.89. The summed E-state index contributed by atoms with van der Waals surface area (Å²) in [6, 6.07) is 4.20. The molecule has 1 aromatic carbocycles. The standard InChI is InChI=1S/C15H22ClN3O4S/c1-11(20)19-14-5-4-12(8-13(14)16)24(21,22)18-9-15(10-23-2)6-3-7-17-15/h4-5,8,17-18H,3,6-7,9-10H2,1-2H3,(H,19,20). The lowest BCUT2D eigenvalue weighted by molar-refractivity contribution is -0.114. The molecule has 0 aliphatic carbocycles. The number of sulfonamides is 1. The van der Waals surface area contributed by atoms with Crippen molar-refractivity contribution in [2.75, 3.05) is 32.1 Å². The first-order valence-corrected chi connectivity index (χ1v) is 9.45. The molecular formula is C15H22ClN3O4S. The zero-order chi connectivity index (χ0) is 17.8. The monoisotopic (exact) mass is 375 g/mol. The highest BCUT2D eigenvalue weighted by molar-refractivity contribution is 7.89. The van der Waals surface area contributed by atoms with Crippen LogP contribution in [0.15, 0.2) is 23.1 Å². The first-order valence-electron chi connectivity index (χ1n) is 7.59. The van der Waals surface area contributed by atoms with E-state index in [2.05, 4.69) is 15.4 Å². The van der Waals surface area contributed by atoms with Crippen molar-refractivity contribution in [3.8, 4) is 0 Å². The predicted octanol–water partition coefficient (Wildman–Crippen LogP) is 1.35. The number of methoxy groups -OCH3 is 1. The molecule has 1 aliphatic rings. The Hall–Kier alpha value is -1.19. The molecule has 1 saturated heterocycles. The van der Waals surface area contributed by atoms with Crippen LogP contribution in [0.3, 0.4) is 0 Å². The van der Waals surface area contributed by atoms with E-state index in [-0.39, 0.29) is 27.9 Å². The van der Waals surface area contributed by atoms with Gasteiger partial charge in [0, 0.05) is 20.6 Å². The number of carbonyl (C=O) groups is 1. The molecule has 0 aromatic heterocycles. The van der Waals surface area contributed by atoms with Gasteiger partial charge in [0.15, 0.2) is 0 Å². The summed E-state index contributed by atoms with van der Waals surface area (Å²) in [7, 11) is -2.12. The second-order valence-corrected chi connectivity index (χ2v) is 8.07. The smallest absolute Gasteiger partial charge is 0.240 e. The maximum absolute atomic E-state index is 12.5. The molecule has 134 valence electrons. The normalized spacial score (nSPS) is 21.0. The van der Waals surface area contributed by atoms with Crippen molar-refractivity contribution in [3.63, 3.8) is 0 Å². The number of carbonyl (C=O) groups excluding carboxylic acids is 1. The Labute approximate surface area is 147 Å². The molecule has 9 heteroatoms. The second kappa shape index (κ2) is 7.79. The van der Waals surface area contributed by atoms with Crippen molar-refractivity contribution in [1.29, 1.82) is 0 Å². The van der Waals surface area contributed by atoms with E-state index in [4.69, 9.17) is 16.3 Å². The van der Waals surface area contributed by atoms with Crippen LogP contribution in [0, 0.1) is 0 Å². The Morgan fingerprint density at radius 2 is 2.21 bits per heavy atom. The fourth-order valence-electron chi connectivity index (χ4n) is 2.74. The zero-order valence-corrected chi connectivity index (χ0v) is 15.3. The van der Waals surface area contributed by atoms with Crippen molar-refractivity contribution < 1.29 is 17.9 Å². The number of nitrogens with one attached hydrogen (secondary N) is 3. The average molecular weight is 376 g/mol.